The zero-order chi connectivity index (χ0) is 17.0. The van der Waals surface area contributed by atoms with E-state index in [-0.39, 0.29) is 12.3 Å². The van der Waals surface area contributed by atoms with E-state index < -0.39 is 5.60 Å². The Morgan fingerprint density at radius 3 is 2.58 bits per heavy atom. The molecule has 0 saturated carbocycles. The predicted octanol–water partition coefficient (Wildman–Crippen LogP) is 3.15. The largest absolute Gasteiger partial charge is 0.385 e. The average molecular weight is 320 g/mol. The molecule has 0 aliphatic heterocycles. The van der Waals surface area contributed by atoms with Gasteiger partial charge in [-0.15, -0.1) is 0 Å². The van der Waals surface area contributed by atoms with Crippen LogP contribution >= 0.6 is 0 Å². The minimum absolute atomic E-state index is 0.0139. The molecule has 1 amide bonds. The number of nitrogens with one attached hydrogen (secondary N) is 1. The first kappa shape index (κ1) is 16.1. The number of benzene rings is 2. The van der Waals surface area contributed by atoms with E-state index in [0.29, 0.717) is 6.54 Å². The number of amides is 1. The van der Waals surface area contributed by atoms with Gasteiger partial charge in [-0.3, -0.25) is 9.78 Å². The standard InChI is InChI=1S/C20H20N2O2/c1-20(24,16-7-3-2-4-8-16)13-19(23)22-14-15-11-12-21-18-10-6-5-9-17(15)18/h2-12,24H,13-14H2,1H3,(H,22,23)/t20-/m0/s1. The molecular formula is C20H20N2O2. The third-order valence-corrected chi connectivity index (χ3v) is 4.12. The maximum Gasteiger partial charge on any atom is 0.223 e. The van der Waals surface area contributed by atoms with Gasteiger partial charge in [0.15, 0.2) is 0 Å². The van der Waals surface area contributed by atoms with Gasteiger partial charge in [0.05, 0.1) is 17.5 Å². The summed E-state index contributed by atoms with van der Waals surface area (Å²) >= 11 is 0. The number of pyridine rings is 1. The molecule has 0 spiro atoms. The number of rotatable bonds is 5. The van der Waals surface area contributed by atoms with Gasteiger partial charge < -0.3 is 10.4 Å². The molecule has 122 valence electrons. The maximum atomic E-state index is 12.3. The van der Waals surface area contributed by atoms with Crippen molar-refractivity contribution < 1.29 is 9.90 Å². The molecule has 1 atom stereocenters. The number of para-hydroxylation sites is 1. The summed E-state index contributed by atoms with van der Waals surface area (Å²) in [6.45, 7) is 2.07. The molecule has 24 heavy (non-hydrogen) atoms. The molecule has 0 bridgehead atoms. The van der Waals surface area contributed by atoms with Gasteiger partial charge in [0.2, 0.25) is 5.91 Å². The molecule has 3 rings (SSSR count). The molecule has 0 radical (unpaired) electrons. The number of carbonyl (C=O) groups excluding carboxylic acids is 1. The minimum atomic E-state index is -1.19. The molecule has 0 aliphatic carbocycles. The molecule has 4 nitrogen and oxygen atoms in total. The molecule has 4 heteroatoms. The number of aliphatic hydroxyl groups is 1. The van der Waals surface area contributed by atoms with Crippen LogP contribution in [0.25, 0.3) is 10.9 Å². The summed E-state index contributed by atoms with van der Waals surface area (Å²) in [4.78, 5) is 16.6. The van der Waals surface area contributed by atoms with Crippen molar-refractivity contribution in [3.05, 3.63) is 78.0 Å². The van der Waals surface area contributed by atoms with Gasteiger partial charge in [0, 0.05) is 18.1 Å². The van der Waals surface area contributed by atoms with Crippen molar-refractivity contribution in [2.75, 3.05) is 0 Å². The summed E-state index contributed by atoms with van der Waals surface area (Å²) in [6, 6.07) is 19.0. The van der Waals surface area contributed by atoms with Gasteiger partial charge in [0.25, 0.3) is 0 Å². The van der Waals surface area contributed by atoms with E-state index in [0.717, 1.165) is 22.0 Å². The number of carbonyl (C=O) groups is 1. The highest BCUT2D eigenvalue weighted by Crippen LogP contribution is 2.24. The predicted molar refractivity (Wildman–Crippen MR) is 94.2 cm³/mol. The molecule has 0 unspecified atom stereocenters. The first-order valence-electron chi connectivity index (χ1n) is 7.93. The van der Waals surface area contributed by atoms with Crippen LogP contribution in [0, 0.1) is 0 Å². The Bertz CT molecular complexity index is 839. The van der Waals surface area contributed by atoms with Crippen molar-refractivity contribution in [3.63, 3.8) is 0 Å². The zero-order valence-electron chi connectivity index (χ0n) is 13.6. The molecule has 2 aromatic carbocycles. The maximum absolute atomic E-state index is 12.3. The van der Waals surface area contributed by atoms with Gasteiger partial charge in [-0.1, -0.05) is 48.5 Å². The molecular weight excluding hydrogens is 300 g/mol. The average Bonchev–Trinajstić information content (AvgIpc) is 2.60. The number of hydrogen-bond donors (Lipinski definition) is 2. The van der Waals surface area contributed by atoms with Crippen LogP contribution in [-0.2, 0) is 16.9 Å². The van der Waals surface area contributed by atoms with Crippen molar-refractivity contribution in [2.45, 2.75) is 25.5 Å². The summed E-state index contributed by atoms with van der Waals surface area (Å²) < 4.78 is 0. The van der Waals surface area contributed by atoms with Crippen LogP contribution < -0.4 is 5.32 Å². The lowest BCUT2D eigenvalue weighted by Gasteiger charge is -2.23. The lowest BCUT2D eigenvalue weighted by atomic mass is 9.92. The van der Waals surface area contributed by atoms with Gasteiger partial charge in [0.1, 0.15) is 0 Å². The summed E-state index contributed by atoms with van der Waals surface area (Å²) in [6.07, 6.45) is 1.75. The van der Waals surface area contributed by atoms with Gasteiger partial charge in [-0.2, -0.15) is 0 Å². The van der Waals surface area contributed by atoms with Crippen LogP contribution in [0.3, 0.4) is 0 Å². The summed E-state index contributed by atoms with van der Waals surface area (Å²) in [7, 11) is 0. The van der Waals surface area contributed by atoms with Gasteiger partial charge in [-0.25, -0.2) is 0 Å². The summed E-state index contributed by atoms with van der Waals surface area (Å²) in [5.41, 5.74) is 1.45. The third kappa shape index (κ3) is 3.60. The smallest absolute Gasteiger partial charge is 0.223 e. The Morgan fingerprint density at radius 2 is 1.79 bits per heavy atom. The number of hydrogen-bond acceptors (Lipinski definition) is 3. The fourth-order valence-electron chi connectivity index (χ4n) is 2.78. The third-order valence-electron chi connectivity index (χ3n) is 4.12. The van der Waals surface area contributed by atoms with E-state index in [4.69, 9.17) is 0 Å². The van der Waals surface area contributed by atoms with E-state index >= 15 is 0 Å². The van der Waals surface area contributed by atoms with Gasteiger partial charge >= 0.3 is 0 Å². The Balaban J connectivity index is 1.67. The number of nitrogens with zero attached hydrogens (tertiary/aromatic N) is 1. The SMILES string of the molecule is C[C@](O)(CC(=O)NCc1ccnc2ccccc12)c1ccccc1. The van der Waals surface area contributed by atoms with Crippen LogP contribution in [0.2, 0.25) is 0 Å². The van der Waals surface area contributed by atoms with E-state index in [1.165, 1.54) is 0 Å². The van der Waals surface area contributed by atoms with Crippen molar-refractivity contribution in [2.24, 2.45) is 0 Å². The highest BCUT2D eigenvalue weighted by Gasteiger charge is 2.26. The molecule has 0 aliphatic rings. The van der Waals surface area contributed by atoms with Crippen molar-refractivity contribution >= 4 is 16.8 Å². The Hall–Kier alpha value is -2.72. The van der Waals surface area contributed by atoms with Crippen LogP contribution in [0.1, 0.15) is 24.5 Å². The van der Waals surface area contributed by atoms with Crippen molar-refractivity contribution in [1.82, 2.24) is 10.3 Å². The lowest BCUT2D eigenvalue weighted by molar-refractivity contribution is -0.126. The van der Waals surface area contributed by atoms with Crippen LogP contribution in [0.4, 0.5) is 0 Å². The van der Waals surface area contributed by atoms with E-state index in [1.807, 2.05) is 60.7 Å². The van der Waals surface area contributed by atoms with Crippen molar-refractivity contribution in [3.8, 4) is 0 Å². The monoisotopic (exact) mass is 320 g/mol. The lowest BCUT2D eigenvalue weighted by Crippen LogP contribution is -2.32. The normalized spacial score (nSPS) is 13.4. The second-order valence-electron chi connectivity index (χ2n) is 6.08. The minimum Gasteiger partial charge on any atom is -0.385 e. The van der Waals surface area contributed by atoms with E-state index in [9.17, 15) is 9.90 Å². The first-order valence-corrected chi connectivity index (χ1v) is 7.93. The molecule has 3 aromatic rings. The highest BCUT2D eigenvalue weighted by molar-refractivity contribution is 5.83. The topological polar surface area (TPSA) is 62.2 Å². The van der Waals surface area contributed by atoms with Crippen LogP contribution in [-0.4, -0.2) is 16.0 Å². The first-order chi connectivity index (χ1) is 11.6. The van der Waals surface area contributed by atoms with E-state index in [1.54, 1.807) is 13.1 Å². The summed E-state index contributed by atoms with van der Waals surface area (Å²) in [5, 5.41) is 14.5. The molecule has 2 N–H and O–H groups in total. The Kier molecular flexibility index (Phi) is 4.58. The Labute approximate surface area is 141 Å². The Morgan fingerprint density at radius 1 is 1.08 bits per heavy atom. The summed E-state index contributed by atoms with van der Waals surface area (Å²) in [5.74, 6) is -0.190. The zero-order valence-corrected chi connectivity index (χ0v) is 13.6. The number of fused-ring (bicyclic) bond motifs is 1. The second-order valence-corrected chi connectivity index (χ2v) is 6.08. The highest BCUT2D eigenvalue weighted by atomic mass is 16.3. The quantitative estimate of drug-likeness (QED) is 0.759. The fourth-order valence-corrected chi connectivity index (χ4v) is 2.78. The molecule has 0 saturated heterocycles. The second kappa shape index (κ2) is 6.81. The fraction of sp³-hybridized carbons (Fsp3) is 0.200. The molecule has 1 heterocycles. The molecule has 0 fully saturated rings. The van der Waals surface area contributed by atoms with Crippen molar-refractivity contribution in [1.29, 1.82) is 0 Å². The van der Waals surface area contributed by atoms with Crippen LogP contribution in [0.15, 0.2) is 66.9 Å². The van der Waals surface area contributed by atoms with Crippen LogP contribution in [0.5, 0.6) is 0 Å². The number of aromatic nitrogens is 1. The molecule has 1 aromatic heterocycles. The van der Waals surface area contributed by atoms with E-state index in [2.05, 4.69) is 10.3 Å². The van der Waals surface area contributed by atoms with Gasteiger partial charge in [-0.05, 0) is 30.2 Å².